The van der Waals surface area contributed by atoms with E-state index in [2.05, 4.69) is 4.40 Å². The van der Waals surface area contributed by atoms with Crippen molar-refractivity contribution in [1.29, 1.82) is 0 Å². The van der Waals surface area contributed by atoms with Crippen LogP contribution in [0.4, 0.5) is 0 Å². The molecule has 0 aliphatic rings. The summed E-state index contributed by atoms with van der Waals surface area (Å²) in [7, 11) is 0.868. The highest BCUT2D eigenvalue weighted by molar-refractivity contribution is 7.90. The predicted molar refractivity (Wildman–Crippen MR) is 109 cm³/mol. The van der Waals surface area contributed by atoms with E-state index in [1.54, 1.807) is 45.6 Å². The molecule has 0 amide bonds. The first-order valence-electron chi connectivity index (χ1n) is 8.51. The lowest BCUT2D eigenvalue weighted by Gasteiger charge is -2.09. The first-order valence-corrected chi connectivity index (χ1v) is 10.8. The van der Waals surface area contributed by atoms with E-state index in [9.17, 15) is 8.42 Å². The van der Waals surface area contributed by atoms with E-state index >= 15 is 0 Å². The van der Waals surface area contributed by atoms with E-state index in [-0.39, 0.29) is 4.90 Å². The van der Waals surface area contributed by atoms with Crippen LogP contribution < -0.4 is 14.3 Å². The number of hydrogen-bond acceptors (Lipinski definition) is 6. The lowest BCUT2D eigenvalue weighted by Crippen LogP contribution is -2.19. The van der Waals surface area contributed by atoms with E-state index in [1.807, 2.05) is 23.6 Å². The first-order chi connectivity index (χ1) is 13.4. The summed E-state index contributed by atoms with van der Waals surface area (Å²) >= 11 is 1.27. The van der Waals surface area contributed by atoms with Gasteiger partial charge in [0.05, 0.1) is 35.9 Å². The van der Waals surface area contributed by atoms with Gasteiger partial charge in [-0.25, -0.2) is 0 Å². The van der Waals surface area contributed by atoms with Gasteiger partial charge in [0.25, 0.3) is 10.0 Å². The zero-order valence-corrected chi connectivity index (χ0v) is 17.8. The van der Waals surface area contributed by atoms with Gasteiger partial charge in [-0.15, -0.1) is 4.40 Å². The topological polar surface area (TPSA) is 79.1 Å². The second-order valence-corrected chi connectivity index (χ2v) is 8.70. The molecule has 0 saturated carbocycles. The molecule has 28 heavy (non-hydrogen) atoms. The number of thiazole rings is 1. The normalized spacial score (nSPS) is 12.5. The summed E-state index contributed by atoms with van der Waals surface area (Å²) in [5.74, 6) is 1.13. The number of sulfonamides is 1. The lowest BCUT2D eigenvalue weighted by atomic mass is 10.2. The molecule has 3 rings (SSSR count). The molecule has 0 spiro atoms. The van der Waals surface area contributed by atoms with Crippen molar-refractivity contribution < 1.29 is 22.6 Å². The third-order valence-corrected chi connectivity index (χ3v) is 6.66. The van der Waals surface area contributed by atoms with Gasteiger partial charge in [0.2, 0.25) is 4.80 Å². The molecule has 0 aliphatic heterocycles. The fourth-order valence-electron chi connectivity index (χ4n) is 2.73. The summed E-state index contributed by atoms with van der Waals surface area (Å²) in [6.45, 7) is 2.77. The molecular weight excluding hydrogens is 400 g/mol. The third kappa shape index (κ3) is 4.06. The smallest absolute Gasteiger partial charge is 0.285 e. The van der Waals surface area contributed by atoms with Gasteiger partial charge in [-0.1, -0.05) is 29.0 Å². The number of aryl methyl sites for hydroxylation is 1. The maximum Gasteiger partial charge on any atom is 0.285 e. The number of aromatic nitrogens is 1. The van der Waals surface area contributed by atoms with Crippen LogP contribution in [0.15, 0.2) is 45.7 Å². The number of hydrogen-bond donors (Lipinski definition) is 0. The monoisotopic (exact) mass is 422 g/mol. The summed E-state index contributed by atoms with van der Waals surface area (Å²) in [4.78, 5) is 0.520. The number of rotatable bonds is 7. The Kier molecular flexibility index (Phi) is 6.07. The van der Waals surface area contributed by atoms with E-state index in [1.165, 1.54) is 11.3 Å². The number of methoxy groups -OCH3 is 3. The number of ether oxygens (including phenoxy) is 3. The molecule has 0 aliphatic carbocycles. The summed E-state index contributed by atoms with van der Waals surface area (Å²) in [5, 5.41) is 0. The van der Waals surface area contributed by atoms with Crippen LogP contribution in [-0.2, 0) is 21.3 Å². The van der Waals surface area contributed by atoms with E-state index in [0.29, 0.717) is 29.5 Å². The molecule has 1 aromatic heterocycles. The van der Waals surface area contributed by atoms with Crippen molar-refractivity contribution in [2.24, 2.45) is 4.40 Å². The van der Waals surface area contributed by atoms with E-state index in [0.717, 1.165) is 15.8 Å². The van der Waals surface area contributed by atoms with Crippen LogP contribution in [0.2, 0.25) is 0 Å². The molecule has 0 radical (unpaired) electrons. The molecule has 9 heteroatoms. The average Bonchev–Trinajstić information content (AvgIpc) is 3.00. The maximum atomic E-state index is 12.8. The van der Waals surface area contributed by atoms with E-state index in [4.69, 9.17) is 14.2 Å². The standard InChI is InChI=1S/C19H22N2O5S2/c1-13-5-7-14(8-6-13)28(22,23)20-19-21(9-10-24-2)15-11-16(25-3)17(26-4)12-18(15)27-19/h5-8,11-12H,9-10H2,1-4H3. The third-order valence-electron chi connectivity index (χ3n) is 4.22. The Morgan fingerprint density at radius 2 is 1.68 bits per heavy atom. The Labute approximate surface area is 167 Å². The van der Waals surface area contributed by atoms with Crippen molar-refractivity contribution in [3.63, 3.8) is 0 Å². The second kappa shape index (κ2) is 8.34. The van der Waals surface area contributed by atoms with Crippen LogP contribution in [-0.4, -0.2) is 40.9 Å². The SMILES string of the molecule is COCCn1c(=NS(=O)(=O)c2ccc(C)cc2)sc2cc(OC)c(OC)cc21. The fourth-order valence-corrected chi connectivity index (χ4v) is 5.00. The minimum Gasteiger partial charge on any atom is -0.493 e. The van der Waals surface area contributed by atoms with Crippen LogP contribution in [0.1, 0.15) is 5.56 Å². The van der Waals surface area contributed by atoms with Crippen LogP contribution >= 0.6 is 11.3 Å². The van der Waals surface area contributed by atoms with Gasteiger partial charge >= 0.3 is 0 Å². The molecule has 150 valence electrons. The summed E-state index contributed by atoms with van der Waals surface area (Å²) in [5.41, 5.74) is 1.78. The van der Waals surface area contributed by atoms with Gasteiger partial charge in [-0.3, -0.25) is 0 Å². The van der Waals surface area contributed by atoms with Crippen molar-refractivity contribution in [3.8, 4) is 11.5 Å². The van der Waals surface area contributed by atoms with Crippen molar-refractivity contribution in [2.45, 2.75) is 18.4 Å². The molecule has 7 nitrogen and oxygen atoms in total. The van der Waals surface area contributed by atoms with Crippen molar-refractivity contribution >= 4 is 31.6 Å². The summed E-state index contributed by atoms with van der Waals surface area (Å²) in [6, 6.07) is 10.3. The highest BCUT2D eigenvalue weighted by Crippen LogP contribution is 2.33. The van der Waals surface area contributed by atoms with Gasteiger partial charge < -0.3 is 18.8 Å². The fraction of sp³-hybridized carbons (Fsp3) is 0.316. The first kappa shape index (κ1) is 20.4. The lowest BCUT2D eigenvalue weighted by molar-refractivity contribution is 0.187. The summed E-state index contributed by atoms with van der Waals surface area (Å²) in [6.07, 6.45) is 0. The zero-order valence-electron chi connectivity index (χ0n) is 16.1. The number of fused-ring (bicyclic) bond motifs is 1. The molecule has 0 bridgehead atoms. The van der Waals surface area contributed by atoms with Crippen molar-refractivity contribution in [1.82, 2.24) is 4.57 Å². The highest BCUT2D eigenvalue weighted by atomic mass is 32.2. The number of nitrogens with zero attached hydrogens (tertiary/aromatic N) is 2. The predicted octanol–water partition coefficient (Wildman–Crippen LogP) is 2.96. The second-order valence-electron chi connectivity index (χ2n) is 6.08. The van der Waals surface area contributed by atoms with Gasteiger partial charge in [0.15, 0.2) is 11.5 Å². The molecular formula is C19H22N2O5S2. The highest BCUT2D eigenvalue weighted by Gasteiger charge is 2.16. The molecule has 0 unspecified atom stereocenters. The molecule has 0 atom stereocenters. The molecule has 1 heterocycles. The molecule has 0 fully saturated rings. The Morgan fingerprint density at radius 1 is 1.04 bits per heavy atom. The Bertz CT molecular complexity index is 1150. The Hall–Kier alpha value is -2.36. The zero-order chi connectivity index (χ0) is 20.3. The average molecular weight is 423 g/mol. The quantitative estimate of drug-likeness (QED) is 0.585. The minimum atomic E-state index is -3.85. The van der Waals surface area contributed by atoms with Gasteiger partial charge in [0, 0.05) is 25.8 Å². The molecule has 2 aromatic carbocycles. The van der Waals surface area contributed by atoms with Crippen LogP contribution in [0, 0.1) is 6.92 Å². The van der Waals surface area contributed by atoms with Crippen molar-refractivity contribution in [3.05, 3.63) is 46.8 Å². The minimum absolute atomic E-state index is 0.156. The molecule has 3 aromatic rings. The van der Waals surface area contributed by atoms with E-state index < -0.39 is 10.0 Å². The Balaban J connectivity index is 2.23. The maximum absolute atomic E-state index is 12.8. The van der Waals surface area contributed by atoms with Crippen molar-refractivity contribution in [2.75, 3.05) is 27.9 Å². The van der Waals surface area contributed by atoms with Crippen LogP contribution in [0.25, 0.3) is 10.2 Å². The largest absolute Gasteiger partial charge is 0.493 e. The van der Waals surface area contributed by atoms with Gasteiger partial charge in [0.1, 0.15) is 0 Å². The van der Waals surface area contributed by atoms with Gasteiger partial charge in [-0.2, -0.15) is 8.42 Å². The summed E-state index contributed by atoms with van der Waals surface area (Å²) < 4.78 is 48.3. The Morgan fingerprint density at radius 3 is 2.29 bits per heavy atom. The number of benzene rings is 2. The van der Waals surface area contributed by atoms with Crippen LogP contribution in [0.3, 0.4) is 0 Å². The molecule has 0 saturated heterocycles. The van der Waals surface area contributed by atoms with Crippen LogP contribution in [0.5, 0.6) is 11.5 Å². The van der Waals surface area contributed by atoms with Gasteiger partial charge in [-0.05, 0) is 19.1 Å². The molecule has 0 N–H and O–H groups in total.